The van der Waals surface area contributed by atoms with Crippen LogP contribution in [0.25, 0.3) is 0 Å². The van der Waals surface area contributed by atoms with Gasteiger partial charge in [-0.05, 0) is 31.1 Å². The van der Waals surface area contributed by atoms with E-state index in [0.29, 0.717) is 11.8 Å². The molecule has 12 heavy (non-hydrogen) atoms. The van der Waals surface area contributed by atoms with Crippen molar-refractivity contribution in [2.45, 2.75) is 38.4 Å². The Hall–Kier alpha value is -0.0500. The van der Waals surface area contributed by atoms with Gasteiger partial charge in [0, 0.05) is 21.2 Å². The zero-order chi connectivity index (χ0) is 9.35. The molecule has 3 atom stereocenters. The normalized spacial score (nSPS) is 42.1. The molecule has 0 heterocycles. The van der Waals surface area contributed by atoms with Gasteiger partial charge in [-0.15, -0.1) is 0 Å². The van der Waals surface area contributed by atoms with Crippen molar-refractivity contribution in [3.05, 3.63) is 0 Å². The Labute approximate surface area is 75.7 Å². The fraction of sp³-hybridized carbons (Fsp3) is 1.00. The van der Waals surface area contributed by atoms with E-state index in [1.807, 2.05) is 0 Å². The average Bonchev–Trinajstić information content (AvgIpc) is 1.82. The first-order chi connectivity index (χ1) is 5.39. The summed E-state index contributed by atoms with van der Waals surface area (Å²) in [5.41, 5.74) is 0. The van der Waals surface area contributed by atoms with Gasteiger partial charge in [-0.2, -0.15) is 0 Å². The zero-order valence-corrected chi connectivity index (χ0v) is 8.99. The van der Waals surface area contributed by atoms with Crippen LogP contribution in [-0.2, 0) is 9.73 Å². The highest BCUT2D eigenvalue weighted by Gasteiger charge is 2.28. The fourth-order valence-electron chi connectivity index (χ4n) is 2.24. The maximum Gasteiger partial charge on any atom is 0.0441 e. The molecule has 3 heteroatoms. The van der Waals surface area contributed by atoms with Gasteiger partial charge in [-0.3, -0.25) is 4.78 Å². The average molecular weight is 189 g/mol. The molecule has 0 radical (unpaired) electrons. The molecule has 0 aromatic rings. The summed E-state index contributed by atoms with van der Waals surface area (Å²) in [4.78, 5) is 0. The van der Waals surface area contributed by atoms with Crippen molar-refractivity contribution in [1.29, 1.82) is 4.78 Å². The summed E-state index contributed by atoms with van der Waals surface area (Å²) < 4.78 is 19.0. The van der Waals surface area contributed by atoms with Crippen LogP contribution in [0, 0.1) is 16.6 Å². The van der Waals surface area contributed by atoms with Crippen LogP contribution in [0.5, 0.6) is 0 Å². The third-order valence-corrected chi connectivity index (χ3v) is 4.43. The maximum absolute atomic E-state index is 11.5. The van der Waals surface area contributed by atoms with Gasteiger partial charge in [0.2, 0.25) is 0 Å². The second-order valence-electron chi connectivity index (χ2n) is 4.44. The Morgan fingerprint density at radius 1 is 1.17 bits per heavy atom. The predicted octanol–water partition coefficient (Wildman–Crippen LogP) is 2.49. The summed E-state index contributed by atoms with van der Waals surface area (Å²) >= 11 is 0. The molecule has 1 aliphatic rings. The second kappa shape index (κ2) is 3.36. The minimum atomic E-state index is -2.29. The molecule has 0 amide bonds. The quantitative estimate of drug-likeness (QED) is 0.676. The van der Waals surface area contributed by atoms with E-state index in [0.717, 1.165) is 12.8 Å². The molecule has 72 valence electrons. The second-order valence-corrected chi connectivity index (χ2v) is 6.92. The van der Waals surface area contributed by atoms with Gasteiger partial charge in [0.25, 0.3) is 0 Å². The van der Waals surface area contributed by atoms with E-state index in [9.17, 15) is 4.21 Å². The molecule has 0 aromatic heterocycles. The Morgan fingerprint density at radius 2 is 1.58 bits per heavy atom. The number of rotatable bonds is 1. The van der Waals surface area contributed by atoms with Gasteiger partial charge in [0.05, 0.1) is 0 Å². The fourth-order valence-corrected chi connectivity index (χ4v) is 3.63. The topological polar surface area (TPSA) is 40.9 Å². The van der Waals surface area contributed by atoms with Gasteiger partial charge in [-0.1, -0.05) is 13.8 Å². The lowest BCUT2D eigenvalue weighted by molar-refractivity contribution is 0.305. The monoisotopic (exact) mass is 189 g/mol. The molecular formula is C9H19NOS. The van der Waals surface area contributed by atoms with Crippen LogP contribution >= 0.6 is 0 Å². The third kappa shape index (κ3) is 2.47. The smallest absolute Gasteiger partial charge is 0.0441 e. The van der Waals surface area contributed by atoms with Gasteiger partial charge in [0.15, 0.2) is 0 Å². The van der Waals surface area contributed by atoms with E-state index >= 15 is 0 Å². The standard InChI is InChI=1S/C9H19NOS/c1-7-4-8(2)6-9(5-7)12(3,10)11/h7-10H,4-6H2,1-3H3. The number of hydrogen-bond acceptors (Lipinski definition) is 2. The van der Waals surface area contributed by atoms with E-state index in [1.165, 1.54) is 6.42 Å². The summed E-state index contributed by atoms with van der Waals surface area (Å²) in [5, 5.41) is 0.149. The van der Waals surface area contributed by atoms with Crippen molar-refractivity contribution in [2.24, 2.45) is 11.8 Å². The first kappa shape index (κ1) is 10.0. The summed E-state index contributed by atoms with van der Waals surface area (Å²) in [7, 11) is -2.29. The van der Waals surface area contributed by atoms with Crippen LogP contribution in [0.15, 0.2) is 0 Å². The molecule has 0 saturated heterocycles. The van der Waals surface area contributed by atoms with Crippen LogP contribution in [0.1, 0.15) is 33.1 Å². The molecule has 0 bridgehead atoms. The molecule has 0 aromatic carbocycles. The first-order valence-electron chi connectivity index (χ1n) is 4.62. The molecular weight excluding hydrogens is 170 g/mol. The molecule has 1 N–H and O–H groups in total. The largest absolute Gasteiger partial charge is 0.253 e. The highest BCUT2D eigenvalue weighted by Crippen LogP contribution is 2.32. The van der Waals surface area contributed by atoms with Gasteiger partial charge in [0.1, 0.15) is 0 Å². The highest BCUT2D eigenvalue weighted by molar-refractivity contribution is 7.92. The van der Waals surface area contributed by atoms with E-state index in [4.69, 9.17) is 4.78 Å². The summed E-state index contributed by atoms with van der Waals surface area (Å²) in [5.74, 6) is 1.31. The highest BCUT2D eigenvalue weighted by atomic mass is 32.2. The lowest BCUT2D eigenvalue weighted by atomic mass is 9.83. The van der Waals surface area contributed by atoms with Crippen LogP contribution in [0.4, 0.5) is 0 Å². The lowest BCUT2D eigenvalue weighted by Gasteiger charge is -2.31. The molecule has 1 fully saturated rings. The van der Waals surface area contributed by atoms with E-state index < -0.39 is 9.73 Å². The van der Waals surface area contributed by atoms with E-state index in [-0.39, 0.29) is 5.25 Å². The molecule has 0 spiro atoms. The van der Waals surface area contributed by atoms with Gasteiger partial charge in [-0.25, -0.2) is 4.21 Å². The van der Waals surface area contributed by atoms with Crippen molar-refractivity contribution >= 4 is 9.73 Å². The van der Waals surface area contributed by atoms with E-state index in [1.54, 1.807) is 6.26 Å². The van der Waals surface area contributed by atoms with Crippen LogP contribution < -0.4 is 0 Å². The zero-order valence-electron chi connectivity index (χ0n) is 8.17. The summed E-state index contributed by atoms with van der Waals surface area (Å²) in [6, 6.07) is 0. The summed E-state index contributed by atoms with van der Waals surface area (Å²) in [6.45, 7) is 4.40. The Bertz CT molecular complexity index is 235. The van der Waals surface area contributed by atoms with E-state index in [2.05, 4.69) is 13.8 Å². The van der Waals surface area contributed by atoms with Gasteiger partial charge < -0.3 is 0 Å². The molecule has 1 rings (SSSR count). The molecule has 2 nitrogen and oxygen atoms in total. The minimum absolute atomic E-state index is 0.149. The Morgan fingerprint density at radius 3 is 1.92 bits per heavy atom. The minimum Gasteiger partial charge on any atom is -0.253 e. The van der Waals surface area contributed by atoms with Crippen molar-refractivity contribution in [3.63, 3.8) is 0 Å². The van der Waals surface area contributed by atoms with Crippen LogP contribution in [-0.4, -0.2) is 15.7 Å². The van der Waals surface area contributed by atoms with Crippen molar-refractivity contribution in [2.75, 3.05) is 6.26 Å². The Balaban J connectivity index is 2.68. The molecule has 1 aliphatic carbocycles. The van der Waals surface area contributed by atoms with Crippen molar-refractivity contribution < 1.29 is 4.21 Å². The third-order valence-electron chi connectivity index (χ3n) is 2.77. The Kier molecular flexibility index (Phi) is 2.81. The first-order valence-corrected chi connectivity index (χ1v) is 6.65. The summed E-state index contributed by atoms with van der Waals surface area (Å²) in [6.07, 6.45) is 4.81. The predicted molar refractivity (Wildman–Crippen MR) is 52.8 cm³/mol. The van der Waals surface area contributed by atoms with Crippen LogP contribution in [0.2, 0.25) is 0 Å². The number of hydrogen-bond donors (Lipinski definition) is 1. The molecule has 1 saturated carbocycles. The van der Waals surface area contributed by atoms with Crippen LogP contribution in [0.3, 0.4) is 0 Å². The SMILES string of the molecule is CC1CC(C)CC(S(C)(=N)=O)C1. The molecule has 3 unspecified atom stereocenters. The van der Waals surface area contributed by atoms with Crippen molar-refractivity contribution in [3.8, 4) is 0 Å². The molecule has 0 aliphatic heterocycles. The number of nitrogens with one attached hydrogen (secondary N) is 1. The van der Waals surface area contributed by atoms with Gasteiger partial charge >= 0.3 is 0 Å². The lowest BCUT2D eigenvalue weighted by Crippen LogP contribution is -2.29. The van der Waals surface area contributed by atoms with Crippen molar-refractivity contribution in [1.82, 2.24) is 0 Å². The maximum atomic E-state index is 11.5.